The highest BCUT2D eigenvalue weighted by atomic mass is 16.6. The Morgan fingerprint density at radius 2 is 2.03 bits per heavy atom. The summed E-state index contributed by atoms with van der Waals surface area (Å²) in [7, 11) is 1.43. The van der Waals surface area contributed by atoms with Crippen molar-refractivity contribution in [2.75, 3.05) is 19.0 Å². The third-order valence-corrected chi connectivity index (χ3v) is 4.15. The molecule has 0 aliphatic carbocycles. The van der Waals surface area contributed by atoms with Gasteiger partial charge in [0.05, 0.1) is 23.3 Å². The molecule has 0 atom stereocenters. The standard InChI is InChI=1S/C19H16N4O7/c1-30-16-5-3-2-4-13(16)20-17(25)10-22-18(26)14(21-19(22)27)9-11-8-12(24)6-7-15(11)23(28)29/h2-9,24H,10H2,1H3,(H,20,25)(H,21,27)/b14-9+. The average molecular weight is 412 g/mol. The van der Waals surface area contributed by atoms with Gasteiger partial charge in [-0.2, -0.15) is 0 Å². The molecule has 0 radical (unpaired) electrons. The predicted molar refractivity (Wildman–Crippen MR) is 105 cm³/mol. The van der Waals surface area contributed by atoms with Crippen LogP contribution >= 0.6 is 0 Å². The average Bonchev–Trinajstić information content (AvgIpc) is 2.95. The van der Waals surface area contributed by atoms with Gasteiger partial charge in [0, 0.05) is 6.07 Å². The lowest BCUT2D eigenvalue weighted by atomic mass is 10.1. The summed E-state index contributed by atoms with van der Waals surface area (Å²) in [5, 5.41) is 25.5. The van der Waals surface area contributed by atoms with Crippen molar-refractivity contribution in [2.24, 2.45) is 0 Å². The number of nitrogens with zero attached hydrogens (tertiary/aromatic N) is 2. The number of nitrogens with one attached hydrogen (secondary N) is 2. The molecule has 11 nitrogen and oxygen atoms in total. The van der Waals surface area contributed by atoms with Crippen LogP contribution in [0.15, 0.2) is 48.2 Å². The third kappa shape index (κ3) is 4.19. The maximum absolute atomic E-state index is 12.5. The van der Waals surface area contributed by atoms with E-state index in [2.05, 4.69) is 10.6 Å². The van der Waals surface area contributed by atoms with Gasteiger partial charge in [0.2, 0.25) is 5.91 Å². The zero-order valence-electron chi connectivity index (χ0n) is 15.6. The molecule has 3 N–H and O–H groups in total. The van der Waals surface area contributed by atoms with E-state index in [-0.39, 0.29) is 22.7 Å². The molecule has 1 saturated heterocycles. The van der Waals surface area contributed by atoms with Gasteiger partial charge in [0.25, 0.3) is 11.6 Å². The molecule has 11 heteroatoms. The number of phenolic OH excluding ortho intramolecular Hbond substituents is 1. The normalized spacial score (nSPS) is 14.6. The maximum atomic E-state index is 12.5. The van der Waals surface area contributed by atoms with E-state index in [0.29, 0.717) is 16.3 Å². The van der Waals surface area contributed by atoms with Gasteiger partial charge in [-0.25, -0.2) is 9.69 Å². The lowest BCUT2D eigenvalue weighted by molar-refractivity contribution is -0.385. The molecule has 0 aromatic heterocycles. The topological polar surface area (TPSA) is 151 Å². The number of hydrogen-bond acceptors (Lipinski definition) is 7. The summed E-state index contributed by atoms with van der Waals surface area (Å²) in [5.74, 6) is -1.34. The highest BCUT2D eigenvalue weighted by Crippen LogP contribution is 2.27. The van der Waals surface area contributed by atoms with Crippen LogP contribution in [0.4, 0.5) is 16.2 Å². The number of carbonyl (C=O) groups excluding carboxylic acids is 3. The van der Waals surface area contributed by atoms with Gasteiger partial charge in [0.15, 0.2) is 0 Å². The van der Waals surface area contributed by atoms with Crippen LogP contribution in [0.25, 0.3) is 6.08 Å². The number of imide groups is 1. The molecule has 0 spiro atoms. The molecule has 1 heterocycles. The number of methoxy groups -OCH3 is 1. The van der Waals surface area contributed by atoms with Crippen LogP contribution in [0.2, 0.25) is 0 Å². The number of hydrogen-bond donors (Lipinski definition) is 3. The van der Waals surface area contributed by atoms with Crippen molar-refractivity contribution in [3.05, 3.63) is 63.8 Å². The van der Waals surface area contributed by atoms with Crippen LogP contribution in [0, 0.1) is 10.1 Å². The number of ether oxygens (including phenoxy) is 1. The second kappa shape index (κ2) is 8.31. The minimum Gasteiger partial charge on any atom is -0.508 e. The minimum atomic E-state index is -0.857. The largest absolute Gasteiger partial charge is 0.508 e. The number of nitro benzene ring substituents is 1. The highest BCUT2D eigenvalue weighted by Gasteiger charge is 2.35. The van der Waals surface area contributed by atoms with E-state index in [1.807, 2.05) is 0 Å². The zero-order valence-corrected chi connectivity index (χ0v) is 15.6. The number of nitro groups is 1. The Hall–Kier alpha value is -4.41. The fraction of sp³-hybridized carbons (Fsp3) is 0.105. The molecule has 0 saturated carbocycles. The van der Waals surface area contributed by atoms with Gasteiger partial charge in [0.1, 0.15) is 23.7 Å². The Labute approximate surface area is 169 Å². The number of carbonyl (C=O) groups is 3. The number of urea groups is 1. The first-order chi connectivity index (χ1) is 14.3. The molecule has 30 heavy (non-hydrogen) atoms. The van der Waals surface area contributed by atoms with Crippen LogP contribution in [0.3, 0.4) is 0 Å². The minimum absolute atomic E-state index is 0.0797. The third-order valence-electron chi connectivity index (χ3n) is 4.15. The Kier molecular flexibility index (Phi) is 5.63. The van der Waals surface area contributed by atoms with Crippen molar-refractivity contribution in [1.29, 1.82) is 0 Å². The summed E-state index contributed by atoms with van der Waals surface area (Å²) < 4.78 is 5.12. The van der Waals surface area contributed by atoms with Crippen LogP contribution in [0.5, 0.6) is 11.5 Å². The first-order valence-electron chi connectivity index (χ1n) is 8.55. The molecule has 1 aliphatic heterocycles. The van der Waals surface area contributed by atoms with E-state index in [1.165, 1.54) is 7.11 Å². The molecular weight excluding hydrogens is 396 g/mol. The molecule has 0 bridgehead atoms. The zero-order chi connectivity index (χ0) is 21.8. The van der Waals surface area contributed by atoms with E-state index in [4.69, 9.17) is 4.74 Å². The summed E-state index contributed by atoms with van der Waals surface area (Å²) in [5.41, 5.74) is -0.347. The molecule has 154 valence electrons. The summed E-state index contributed by atoms with van der Waals surface area (Å²) >= 11 is 0. The number of aromatic hydroxyl groups is 1. The smallest absolute Gasteiger partial charge is 0.329 e. The van der Waals surface area contributed by atoms with Gasteiger partial charge in [-0.15, -0.1) is 0 Å². The van der Waals surface area contributed by atoms with E-state index in [1.54, 1.807) is 24.3 Å². The Morgan fingerprint density at radius 1 is 1.30 bits per heavy atom. The maximum Gasteiger partial charge on any atom is 0.329 e. The van der Waals surface area contributed by atoms with Crippen molar-refractivity contribution in [1.82, 2.24) is 10.2 Å². The van der Waals surface area contributed by atoms with Crippen LogP contribution in [0.1, 0.15) is 5.56 Å². The molecule has 3 rings (SSSR count). The van der Waals surface area contributed by atoms with Crippen molar-refractivity contribution < 1.29 is 29.2 Å². The SMILES string of the molecule is COc1ccccc1NC(=O)CN1C(=O)N/C(=C/c2cc(O)ccc2[N+](=O)[O-])C1=O. The fourth-order valence-corrected chi connectivity index (χ4v) is 2.78. The Morgan fingerprint density at radius 3 is 2.73 bits per heavy atom. The molecule has 2 aromatic carbocycles. The molecule has 1 aliphatic rings. The van der Waals surface area contributed by atoms with Crippen LogP contribution in [-0.2, 0) is 9.59 Å². The second-order valence-electron chi connectivity index (χ2n) is 6.13. The number of amides is 4. The monoisotopic (exact) mass is 412 g/mol. The number of benzene rings is 2. The first-order valence-corrected chi connectivity index (χ1v) is 8.55. The fourth-order valence-electron chi connectivity index (χ4n) is 2.78. The predicted octanol–water partition coefficient (Wildman–Crippen LogP) is 1.84. The first kappa shape index (κ1) is 20.3. The van der Waals surface area contributed by atoms with Crippen molar-refractivity contribution in [2.45, 2.75) is 0 Å². The van der Waals surface area contributed by atoms with Gasteiger partial charge in [-0.1, -0.05) is 12.1 Å². The van der Waals surface area contributed by atoms with E-state index in [0.717, 1.165) is 24.3 Å². The van der Waals surface area contributed by atoms with E-state index < -0.39 is 29.3 Å². The quantitative estimate of drug-likeness (QED) is 0.283. The van der Waals surface area contributed by atoms with Crippen molar-refractivity contribution >= 4 is 35.3 Å². The molecule has 1 fully saturated rings. The second-order valence-corrected chi connectivity index (χ2v) is 6.13. The lowest BCUT2D eigenvalue weighted by Gasteiger charge is -2.13. The Bertz CT molecular complexity index is 1080. The summed E-state index contributed by atoms with van der Waals surface area (Å²) in [6.07, 6.45) is 1.07. The number of phenols is 1. The number of para-hydroxylation sites is 2. The van der Waals surface area contributed by atoms with Gasteiger partial charge >= 0.3 is 6.03 Å². The van der Waals surface area contributed by atoms with Crippen molar-refractivity contribution in [3.63, 3.8) is 0 Å². The molecule has 0 unspecified atom stereocenters. The van der Waals surface area contributed by atoms with Gasteiger partial charge < -0.3 is 20.5 Å². The van der Waals surface area contributed by atoms with Crippen LogP contribution < -0.4 is 15.4 Å². The van der Waals surface area contributed by atoms with Crippen molar-refractivity contribution in [3.8, 4) is 11.5 Å². The molecule has 2 aromatic rings. The summed E-state index contributed by atoms with van der Waals surface area (Å²) in [6, 6.07) is 9.04. The van der Waals surface area contributed by atoms with E-state index in [9.17, 15) is 29.6 Å². The summed E-state index contributed by atoms with van der Waals surface area (Å²) in [6.45, 7) is -0.581. The number of rotatable bonds is 6. The number of anilines is 1. The van der Waals surface area contributed by atoms with Gasteiger partial charge in [-0.3, -0.25) is 19.7 Å². The Balaban J connectivity index is 1.78. The summed E-state index contributed by atoms with van der Waals surface area (Å²) in [4.78, 5) is 48.1. The van der Waals surface area contributed by atoms with Crippen LogP contribution in [-0.4, -0.2) is 46.4 Å². The molecule has 4 amide bonds. The lowest BCUT2D eigenvalue weighted by Crippen LogP contribution is -2.38. The van der Waals surface area contributed by atoms with E-state index >= 15 is 0 Å². The molecular formula is C19H16N4O7. The van der Waals surface area contributed by atoms with Gasteiger partial charge in [-0.05, 0) is 30.3 Å². The highest BCUT2D eigenvalue weighted by molar-refractivity contribution is 6.16.